The second-order valence-electron chi connectivity index (χ2n) is 7.92. The first-order valence-electron chi connectivity index (χ1n) is 11.5. The molecule has 0 aliphatic carbocycles. The molecule has 0 heterocycles. The number of unbranched alkanes of at least 4 members (excludes halogenated alkanes) is 8. The van der Waals surface area contributed by atoms with Crippen LogP contribution in [0.1, 0.15) is 95.3 Å². The van der Waals surface area contributed by atoms with Crippen LogP contribution in [0.5, 0.6) is 0 Å². The minimum Gasteiger partial charge on any atom is -0.372 e. The molecule has 28 heavy (non-hydrogen) atoms. The number of ketones is 1. The van der Waals surface area contributed by atoms with Crippen molar-refractivity contribution in [3.05, 3.63) is 42.0 Å². The molecule has 0 spiro atoms. The number of rotatable bonds is 14. The fourth-order valence-corrected chi connectivity index (χ4v) is 3.93. The van der Waals surface area contributed by atoms with E-state index in [9.17, 15) is 4.79 Å². The van der Waals surface area contributed by atoms with Crippen LogP contribution in [0.25, 0.3) is 10.8 Å². The number of nitrogens with zero attached hydrogens (tertiary/aromatic N) is 1. The lowest BCUT2D eigenvalue weighted by Gasteiger charge is -2.21. The molecule has 0 amide bonds. The van der Waals surface area contributed by atoms with E-state index < -0.39 is 0 Å². The van der Waals surface area contributed by atoms with Gasteiger partial charge in [-0.3, -0.25) is 4.79 Å². The van der Waals surface area contributed by atoms with Crippen molar-refractivity contribution in [1.82, 2.24) is 0 Å². The molecule has 0 aliphatic rings. The molecule has 0 N–H and O–H groups in total. The van der Waals surface area contributed by atoms with E-state index in [1.807, 2.05) is 6.07 Å². The lowest BCUT2D eigenvalue weighted by atomic mass is 10.00. The summed E-state index contributed by atoms with van der Waals surface area (Å²) in [5, 5.41) is 2.37. The standard InChI is InChI=1S/C26H39NO/c1-4-7-8-9-10-11-12-13-14-15-26(28)24-17-16-23-21-25(27(5-2)6-3)19-18-22(23)20-24/h16-21H,4-15H2,1-3H3. The molecule has 0 bridgehead atoms. The fraction of sp³-hybridized carbons (Fsp3) is 0.577. The highest BCUT2D eigenvalue weighted by Gasteiger charge is 2.08. The van der Waals surface area contributed by atoms with Crippen LogP contribution in [0.15, 0.2) is 36.4 Å². The number of carbonyl (C=O) groups excluding carboxylic acids is 1. The van der Waals surface area contributed by atoms with E-state index in [0.717, 1.165) is 30.5 Å². The van der Waals surface area contributed by atoms with Crippen molar-refractivity contribution in [2.45, 2.75) is 85.0 Å². The molecular formula is C26H39NO. The molecule has 0 saturated carbocycles. The SMILES string of the molecule is CCCCCCCCCCCC(=O)c1ccc2cc(N(CC)CC)ccc2c1. The third kappa shape index (κ3) is 6.96. The Kier molecular flexibility index (Phi) is 10.1. The molecule has 0 unspecified atom stereocenters. The van der Waals surface area contributed by atoms with Crippen molar-refractivity contribution in [2.75, 3.05) is 18.0 Å². The highest BCUT2D eigenvalue weighted by atomic mass is 16.1. The Hall–Kier alpha value is -1.83. The van der Waals surface area contributed by atoms with Gasteiger partial charge in [0.1, 0.15) is 0 Å². The summed E-state index contributed by atoms with van der Waals surface area (Å²) >= 11 is 0. The molecule has 2 heteroatoms. The normalized spacial score (nSPS) is 11.1. The van der Waals surface area contributed by atoms with Gasteiger partial charge in [-0.05, 0) is 49.2 Å². The van der Waals surface area contributed by atoms with E-state index in [4.69, 9.17) is 0 Å². The number of Topliss-reactive ketones (excluding diaryl/α,β-unsaturated/α-hetero) is 1. The van der Waals surface area contributed by atoms with Gasteiger partial charge in [0.25, 0.3) is 0 Å². The average molecular weight is 382 g/mol. The van der Waals surface area contributed by atoms with Crippen LogP contribution in [0.3, 0.4) is 0 Å². The maximum atomic E-state index is 12.6. The molecule has 0 saturated heterocycles. The van der Waals surface area contributed by atoms with Gasteiger partial charge >= 0.3 is 0 Å². The summed E-state index contributed by atoms with van der Waals surface area (Å²) in [6.07, 6.45) is 12.3. The summed E-state index contributed by atoms with van der Waals surface area (Å²) in [6, 6.07) is 12.7. The van der Waals surface area contributed by atoms with Gasteiger partial charge in [-0.2, -0.15) is 0 Å². The minimum absolute atomic E-state index is 0.290. The number of benzene rings is 2. The second kappa shape index (κ2) is 12.6. The van der Waals surface area contributed by atoms with E-state index in [1.54, 1.807) is 0 Å². The van der Waals surface area contributed by atoms with Crippen molar-refractivity contribution in [1.29, 1.82) is 0 Å². The third-order valence-electron chi connectivity index (χ3n) is 5.78. The summed E-state index contributed by atoms with van der Waals surface area (Å²) < 4.78 is 0. The van der Waals surface area contributed by atoms with E-state index in [0.29, 0.717) is 6.42 Å². The van der Waals surface area contributed by atoms with Gasteiger partial charge in [0.15, 0.2) is 5.78 Å². The fourth-order valence-electron chi connectivity index (χ4n) is 3.93. The summed E-state index contributed by atoms with van der Waals surface area (Å²) in [6.45, 7) is 8.65. The molecule has 0 aromatic heterocycles. The lowest BCUT2D eigenvalue weighted by Crippen LogP contribution is -2.21. The molecule has 2 nitrogen and oxygen atoms in total. The first-order valence-corrected chi connectivity index (χ1v) is 11.5. The zero-order chi connectivity index (χ0) is 20.2. The topological polar surface area (TPSA) is 20.3 Å². The Morgan fingerprint density at radius 3 is 1.93 bits per heavy atom. The van der Waals surface area contributed by atoms with Crippen molar-refractivity contribution in [3.63, 3.8) is 0 Å². The van der Waals surface area contributed by atoms with Gasteiger partial charge in [0.05, 0.1) is 0 Å². The largest absolute Gasteiger partial charge is 0.372 e. The molecule has 0 fully saturated rings. The number of carbonyl (C=O) groups is 1. The zero-order valence-corrected chi connectivity index (χ0v) is 18.3. The predicted molar refractivity (Wildman–Crippen MR) is 124 cm³/mol. The van der Waals surface area contributed by atoms with Gasteiger partial charge in [-0.25, -0.2) is 0 Å². The Morgan fingerprint density at radius 2 is 1.29 bits per heavy atom. The van der Waals surface area contributed by atoms with Gasteiger partial charge in [0.2, 0.25) is 0 Å². The van der Waals surface area contributed by atoms with E-state index in [-0.39, 0.29) is 5.78 Å². The Balaban J connectivity index is 1.79. The number of hydrogen-bond donors (Lipinski definition) is 0. The highest BCUT2D eigenvalue weighted by molar-refractivity contribution is 6.00. The first kappa shape index (κ1) is 22.5. The predicted octanol–water partition coefficient (Wildman–Crippen LogP) is 7.79. The monoisotopic (exact) mass is 381 g/mol. The smallest absolute Gasteiger partial charge is 0.162 e. The van der Waals surface area contributed by atoms with Crippen LogP contribution < -0.4 is 4.90 Å². The van der Waals surface area contributed by atoms with E-state index in [1.165, 1.54) is 62.4 Å². The number of hydrogen-bond acceptors (Lipinski definition) is 2. The molecule has 2 rings (SSSR count). The van der Waals surface area contributed by atoms with Crippen LogP contribution >= 0.6 is 0 Å². The molecule has 2 aromatic rings. The van der Waals surface area contributed by atoms with Crippen molar-refractivity contribution >= 4 is 22.2 Å². The van der Waals surface area contributed by atoms with E-state index in [2.05, 4.69) is 56.0 Å². The second-order valence-corrected chi connectivity index (χ2v) is 7.92. The molecular weight excluding hydrogens is 342 g/mol. The van der Waals surface area contributed by atoms with E-state index >= 15 is 0 Å². The first-order chi connectivity index (χ1) is 13.7. The molecule has 0 aliphatic heterocycles. The molecule has 0 radical (unpaired) electrons. The van der Waals surface area contributed by atoms with Crippen LogP contribution in [0, 0.1) is 0 Å². The van der Waals surface area contributed by atoms with Gasteiger partial charge in [0, 0.05) is 30.8 Å². The average Bonchev–Trinajstić information content (AvgIpc) is 2.73. The maximum Gasteiger partial charge on any atom is 0.162 e. The highest BCUT2D eigenvalue weighted by Crippen LogP contribution is 2.24. The summed E-state index contributed by atoms with van der Waals surface area (Å²) in [7, 11) is 0. The lowest BCUT2D eigenvalue weighted by molar-refractivity contribution is 0.0979. The van der Waals surface area contributed by atoms with Crippen LogP contribution in [-0.2, 0) is 0 Å². The Morgan fingerprint density at radius 1 is 0.714 bits per heavy atom. The Bertz CT molecular complexity index is 717. The molecule has 2 aromatic carbocycles. The van der Waals surface area contributed by atoms with Crippen molar-refractivity contribution < 1.29 is 4.79 Å². The van der Waals surface area contributed by atoms with Gasteiger partial charge < -0.3 is 4.90 Å². The third-order valence-corrected chi connectivity index (χ3v) is 5.78. The Labute approximate surface area is 172 Å². The summed E-state index contributed by atoms with van der Waals surface area (Å²) in [4.78, 5) is 14.9. The minimum atomic E-state index is 0.290. The van der Waals surface area contributed by atoms with Crippen LogP contribution in [0.4, 0.5) is 5.69 Å². The number of fused-ring (bicyclic) bond motifs is 1. The van der Waals surface area contributed by atoms with Crippen molar-refractivity contribution in [2.24, 2.45) is 0 Å². The summed E-state index contributed by atoms with van der Waals surface area (Å²) in [5.74, 6) is 0.290. The maximum absolute atomic E-state index is 12.6. The molecule has 154 valence electrons. The number of anilines is 1. The molecule has 0 atom stereocenters. The van der Waals surface area contributed by atoms with Crippen LogP contribution in [-0.4, -0.2) is 18.9 Å². The van der Waals surface area contributed by atoms with Crippen LogP contribution in [0.2, 0.25) is 0 Å². The zero-order valence-electron chi connectivity index (χ0n) is 18.3. The summed E-state index contributed by atoms with van der Waals surface area (Å²) in [5.41, 5.74) is 2.12. The van der Waals surface area contributed by atoms with Gasteiger partial charge in [-0.15, -0.1) is 0 Å². The quantitative estimate of drug-likeness (QED) is 0.246. The van der Waals surface area contributed by atoms with Crippen molar-refractivity contribution in [3.8, 4) is 0 Å². The van der Waals surface area contributed by atoms with Gasteiger partial charge in [-0.1, -0.05) is 76.5 Å².